The van der Waals surface area contributed by atoms with Gasteiger partial charge in [-0.15, -0.1) is 0 Å². The number of hydrogen-bond donors (Lipinski definition) is 1. The highest BCUT2D eigenvalue weighted by atomic mass is 32.2. The standard InChI is InChI=1S/C18H25N3O4S/c1-25-13-17(9-10-17)14-4-6-15(7-5-14)20-12-18(16(19)22)8-2-3-11-21(18)26(20,23)24/h4-7H,2-3,8-13H2,1H3,(H2,19,22)/t18-/m1/s1. The fraction of sp³-hybridized carbons (Fsp3) is 0.611. The molecule has 3 aliphatic rings. The molecule has 2 N–H and O–H groups in total. The van der Waals surface area contributed by atoms with Crippen LogP contribution in [-0.4, -0.2) is 51.0 Å². The maximum absolute atomic E-state index is 13.1. The fourth-order valence-corrected chi connectivity index (χ4v) is 6.46. The molecule has 1 saturated carbocycles. The zero-order valence-corrected chi connectivity index (χ0v) is 15.8. The van der Waals surface area contributed by atoms with E-state index in [2.05, 4.69) is 0 Å². The highest BCUT2D eigenvalue weighted by Crippen LogP contribution is 2.49. The van der Waals surface area contributed by atoms with Gasteiger partial charge in [-0.1, -0.05) is 12.1 Å². The van der Waals surface area contributed by atoms with Crippen LogP contribution in [0, 0.1) is 0 Å². The van der Waals surface area contributed by atoms with E-state index < -0.39 is 21.7 Å². The maximum Gasteiger partial charge on any atom is 0.305 e. The Balaban J connectivity index is 1.67. The molecule has 1 atom stereocenters. The molecule has 1 amide bonds. The van der Waals surface area contributed by atoms with Crippen LogP contribution in [-0.2, 0) is 25.2 Å². The number of hydrogen-bond acceptors (Lipinski definition) is 4. The number of primary amides is 1. The van der Waals surface area contributed by atoms with Gasteiger partial charge < -0.3 is 10.5 Å². The van der Waals surface area contributed by atoms with Gasteiger partial charge in [0.25, 0.3) is 0 Å². The summed E-state index contributed by atoms with van der Waals surface area (Å²) in [5, 5.41) is 0. The van der Waals surface area contributed by atoms with Crippen molar-refractivity contribution in [2.24, 2.45) is 5.73 Å². The molecular weight excluding hydrogens is 354 g/mol. The van der Waals surface area contributed by atoms with Crippen molar-refractivity contribution in [3.05, 3.63) is 29.8 Å². The Labute approximate surface area is 154 Å². The Bertz CT molecular complexity index is 819. The molecular formula is C18H25N3O4S. The predicted molar refractivity (Wildman–Crippen MR) is 98.0 cm³/mol. The lowest BCUT2D eigenvalue weighted by Crippen LogP contribution is -2.58. The first-order valence-electron chi connectivity index (χ1n) is 9.06. The normalized spacial score (nSPS) is 29.3. The number of carbonyl (C=O) groups is 1. The Morgan fingerprint density at radius 1 is 1.19 bits per heavy atom. The molecule has 0 aromatic heterocycles. The lowest BCUT2D eigenvalue weighted by Gasteiger charge is -2.35. The quantitative estimate of drug-likeness (QED) is 0.830. The zero-order valence-electron chi connectivity index (χ0n) is 15.0. The van der Waals surface area contributed by atoms with Gasteiger partial charge in [0.15, 0.2) is 0 Å². The van der Waals surface area contributed by atoms with Crippen LogP contribution >= 0.6 is 0 Å². The van der Waals surface area contributed by atoms with E-state index in [4.69, 9.17) is 10.5 Å². The molecule has 2 heterocycles. The van der Waals surface area contributed by atoms with E-state index in [1.54, 1.807) is 7.11 Å². The van der Waals surface area contributed by atoms with Gasteiger partial charge in [-0.2, -0.15) is 12.7 Å². The van der Waals surface area contributed by atoms with Crippen molar-refractivity contribution in [3.8, 4) is 0 Å². The third-order valence-electron chi connectivity index (χ3n) is 6.14. The van der Waals surface area contributed by atoms with E-state index >= 15 is 0 Å². The Kier molecular flexibility index (Phi) is 4.05. The van der Waals surface area contributed by atoms with Crippen LogP contribution in [0.15, 0.2) is 24.3 Å². The van der Waals surface area contributed by atoms with Crippen LogP contribution in [0.25, 0.3) is 0 Å². The first kappa shape index (κ1) is 17.8. The van der Waals surface area contributed by atoms with Gasteiger partial charge in [0, 0.05) is 19.1 Å². The van der Waals surface area contributed by atoms with Crippen molar-refractivity contribution < 1.29 is 17.9 Å². The molecule has 7 nitrogen and oxygen atoms in total. The molecule has 142 valence electrons. The van der Waals surface area contributed by atoms with Gasteiger partial charge in [-0.25, -0.2) is 0 Å². The number of ether oxygens (including phenoxy) is 1. The van der Waals surface area contributed by atoms with E-state index in [0.717, 1.165) is 25.7 Å². The number of rotatable bonds is 5. The lowest BCUT2D eigenvalue weighted by molar-refractivity contribution is -0.127. The van der Waals surface area contributed by atoms with Gasteiger partial charge in [-0.3, -0.25) is 9.10 Å². The molecule has 0 radical (unpaired) electrons. The Hall–Kier alpha value is -1.64. The van der Waals surface area contributed by atoms with Crippen molar-refractivity contribution in [2.75, 3.05) is 31.1 Å². The third kappa shape index (κ3) is 2.46. The summed E-state index contributed by atoms with van der Waals surface area (Å²) < 4.78 is 34.1. The smallest absolute Gasteiger partial charge is 0.305 e. The van der Waals surface area contributed by atoms with Gasteiger partial charge in [0.1, 0.15) is 5.54 Å². The summed E-state index contributed by atoms with van der Waals surface area (Å²) in [4.78, 5) is 12.2. The SMILES string of the molecule is COCC1(c2ccc(N3C[C@@]4(C(N)=O)CCCCN4S3(=O)=O)cc2)CC1. The largest absolute Gasteiger partial charge is 0.384 e. The molecule has 3 fully saturated rings. The Morgan fingerprint density at radius 3 is 2.42 bits per heavy atom. The van der Waals surface area contributed by atoms with Crippen LogP contribution in [0.1, 0.15) is 37.7 Å². The fourth-order valence-electron chi connectivity index (χ4n) is 4.42. The number of nitrogens with zero attached hydrogens (tertiary/aromatic N) is 2. The van der Waals surface area contributed by atoms with Gasteiger partial charge >= 0.3 is 10.2 Å². The van der Waals surface area contributed by atoms with Crippen molar-refractivity contribution >= 4 is 21.8 Å². The highest BCUT2D eigenvalue weighted by molar-refractivity contribution is 7.90. The minimum atomic E-state index is -3.75. The number of methoxy groups -OCH3 is 1. The first-order valence-corrected chi connectivity index (χ1v) is 10.5. The lowest BCUT2D eigenvalue weighted by atomic mass is 9.88. The first-order chi connectivity index (χ1) is 12.4. The summed E-state index contributed by atoms with van der Waals surface area (Å²) in [5.41, 5.74) is 6.34. The van der Waals surface area contributed by atoms with Crippen LogP contribution in [0.3, 0.4) is 0 Å². The Morgan fingerprint density at radius 2 is 1.88 bits per heavy atom. The minimum absolute atomic E-state index is 0.0725. The summed E-state index contributed by atoms with van der Waals surface area (Å²) >= 11 is 0. The third-order valence-corrected chi connectivity index (χ3v) is 8.13. The maximum atomic E-state index is 13.1. The van der Waals surface area contributed by atoms with Crippen molar-refractivity contribution in [1.82, 2.24) is 4.31 Å². The summed E-state index contributed by atoms with van der Waals surface area (Å²) in [5.74, 6) is -0.558. The summed E-state index contributed by atoms with van der Waals surface area (Å²) in [6, 6.07) is 7.61. The number of benzene rings is 1. The minimum Gasteiger partial charge on any atom is -0.384 e. The van der Waals surface area contributed by atoms with E-state index in [1.165, 1.54) is 14.2 Å². The molecule has 2 aliphatic heterocycles. The van der Waals surface area contributed by atoms with E-state index in [1.807, 2.05) is 24.3 Å². The zero-order chi connectivity index (χ0) is 18.6. The molecule has 4 rings (SSSR count). The molecule has 0 spiro atoms. The average molecular weight is 379 g/mol. The number of amides is 1. The number of fused-ring (bicyclic) bond motifs is 1. The van der Waals surface area contributed by atoms with Crippen molar-refractivity contribution in [3.63, 3.8) is 0 Å². The molecule has 2 saturated heterocycles. The second kappa shape index (κ2) is 5.94. The van der Waals surface area contributed by atoms with Gasteiger partial charge in [0.05, 0.1) is 18.8 Å². The van der Waals surface area contributed by atoms with Gasteiger partial charge in [0.2, 0.25) is 5.91 Å². The predicted octanol–water partition coefficient (Wildman–Crippen LogP) is 1.14. The van der Waals surface area contributed by atoms with Crippen LogP contribution in [0.5, 0.6) is 0 Å². The van der Waals surface area contributed by atoms with Crippen LogP contribution < -0.4 is 10.0 Å². The average Bonchev–Trinajstić information content (AvgIpc) is 3.36. The summed E-state index contributed by atoms with van der Waals surface area (Å²) in [6.45, 7) is 1.11. The molecule has 8 heteroatoms. The van der Waals surface area contributed by atoms with E-state index in [-0.39, 0.29) is 12.0 Å². The van der Waals surface area contributed by atoms with Gasteiger partial charge in [-0.05, 0) is 49.8 Å². The summed E-state index contributed by atoms with van der Waals surface area (Å²) in [7, 11) is -2.05. The molecule has 1 aliphatic carbocycles. The van der Waals surface area contributed by atoms with Crippen molar-refractivity contribution in [2.45, 2.75) is 43.1 Å². The van der Waals surface area contributed by atoms with E-state index in [0.29, 0.717) is 25.3 Å². The topological polar surface area (TPSA) is 92.9 Å². The molecule has 26 heavy (non-hydrogen) atoms. The molecule has 0 bridgehead atoms. The number of anilines is 1. The number of piperidine rings is 1. The number of nitrogens with two attached hydrogens (primary N) is 1. The molecule has 0 unspecified atom stereocenters. The second-order valence-electron chi connectivity index (χ2n) is 7.70. The molecule has 1 aromatic carbocycles. The van der Waals surface area contributed by atoms with Crippen LogP contribution in [0.4, 0.5) is 5.69 Å². The van der Waals surface area contributed by atoms with Crippen molar-refractivity contribution in [1.29, 1.82) is 0 Å². The molecule has 1 aromatic rings. The highest BCUT2D eigenvalue weighted by Gasteiger charge is 2.59. The monoisotopic (exact) mass is 379 g/mol. The van der Waals surface area contributed by atoms with E-state index in [9.17, 15) is 13.2 Å². The summed E-state index contributed by atoms with van der Waals surface area (Å²) in [6.07, 6.45) is 4.20. The van der Waals surface area contributed by atoms with Crippen LogP contribution in [0.2, 0.25) is 0 Å². The second-order valence-corrected chi connectivity index (χ2v) is 9.48. The number of carbonyl (C=O) groups excluding carboxylic acids is 1.